The van der Waals surface area contributed by atoms with Gasteiger partial charge in [0, 0.05) is 6.07 Å². The SMILES string of the molecule is CCCCCC[NH+](C)c1cccc(F)c1F. The van der Waals surface area contributed by atoms with Gasteiger partial charge in [0.25, 0.3) is 0 Å². The van der Waals surface area contributed by atoms with Gasteiger partial charge in [0.15, 0.2) is 11.5 Å². The van der Waals surface area contributed by atoms with Crippen molar-refractivity contribution in [1.29, 1.82) is 0 Å². The van der Waals surface area contributed by atoms with Crippen LogP contribution in [0.3, 0.4) is 0 Å². The molecule has 1 N–H and O–H groups in total. The van der Waals surface area contributed by atoms with E-state index in [4.69, 9.17) is 0 Å². The van der Waals surface area contributed by atoms with Crippen LogP contribution in [0.4, 0.5) is 14.5 Å². The minimum atomic E-state index is -0.759. The third kappa shape index (κ3) is 3.56. The fourth-order valence-electron chi connectivity index (χ4n) is 1.79. The second-order valence-corrected chi connectivity index (χ2v) is 4.19. The smallest absolute Gasteiger partial charge is 0.219 e. The summed E-state index contributed by atoms with van der Waals surface area (Å²) in [4.78, 5) is 0.938. The molecule has 0 amide bonds. The van der Waals surface area contributed by atoms with Gasteiger partial charge in [-0.1, -0.05) is 25.8 Å². The molecule has 0 radical (unpaired) electrons. The van der Waals surface area contributed by atoms with Gasteiger partial charge in [-0.25, -0.2) is 4.39 Å². The number of quaternary nitrogens is 1. The molecule has 0 bridgehead atoms. The van der Waals surface area contributed by atoms with E-state index in [-0.39, 0.29) is 0 Å². The maximum absolute atomic E-state index is 13.4. The van der Waals surface area contributed by atoms with Crippen LogP contribution < -0.4 is 4.90 Å². The summed E-state index contributed by atoms with van der Waals surface area (Å²) in [5.41, 5.74) is 0.427. The lowest BCUT2D eigenvalue weighted by atomic mass is 10.2. The largest absolute Gasteiger partial charge is 0.302 e. The number of halogens is 2. The molecule has 1 aromatic carbocycles. The molecular weight excluding hydrogens is 208 g/mol. The lowest BCUT2D eigenvalue weighted by Gasteiger charge is -2.14. The molecular formula is C13H20F2N+. The number of hydrogen-bond acceptors (Lipinski definition) is 0. The number of benzene rings is 1. The Morgan fingerprint density at radius 1 is 1.12 bits per heavy atom. The zero-order valence-corrected chi connectivity index (χ0v) is 10.0. The van der Waals surface area contributed by atoms with Crippen molar-refractivity contribution in [2.75, 3.05) is 13.6 Å². The summed E-state index contributed by atoms with van der Waals surface area (Å²) in [6.45, 7) is 3.00. The zero-order valence-electron chi connectivity index (χ0n) is 10.0. The first kappa shape index (κ1) is 13.1. The summed E-state index contributed by atoms with van der Waals surface area (Å²) in [6.07, 6.45) is 4.60. The lowest BCUT2D eigenvalue weighted by Crippen LogP contribution is -3.04. The van der Waals surface area contributed by atoms with Crippen LogP contribution in [0.1, 0.15) is 32.6 Å². The van der Waals surface area contributed by atoms with Gasteiger partial charge >= 0.3 is 0 Å². The third-order valence-corrected chi connectivity index (χ3v) is 2.82. The Bertz CT molecular complexity index is 326. The maximum Gasteiger partial charge on any atom is 0.219 e. The Balaban J connectivity index is 2.52. The molecule has 1 nitrogen and oxygen atoms in total. The Labute approximate surface area is 96.1 Å². The van der Waals surface area contributed by atoms with Gasteiger partial charge in [0.05, 0.1) is 13.6 Å². The summed E-state index contributed by atoms with van der Waals surface area (Å²) in [6, 6.07) is 4.36. The second kappa shape index (κ2) is 6.59. The molecule has 0 aliphatic carbocycles. The molecule has 0 spiro atoms. The Morgan fingerprint density at radius 3 is 2.56 bits per heavy atom. The highest BCUT2D eigenvalue weighted by atomic mass is 19.2. The second-order valence-electron chi connectivity index (χ2n) is 4.19. The van der Waals surface area contributed by atoms with Crippen molar-refractivity contribution in [2.45, 2.75) is 32.6 Å². The van der Waals surface area contributed by atoms with Crippen molar-refractivity contribution < 1.29 is 13.7 Å². The number of nitrogens with one attached hydrogen (secondary N) is 1. The molecule has 0 heterocycles. The maximum atomic E-state index is 13.4. The average molecular weight is 228 g/mol. The molecule has 0 fully saturated rings. The molecule has 0 aliphatic heterocycles. The molecule has 1 aromatic rings. The molecule has 3 heteroatoms. The molecule has 1 rings (SSSR count). The van der Waals surface area contributed by atoms with Crippen LogP contribution >= 0.6 is 0 Å². The van der Waals surface area contributed by atoms with E-state index in [1.54, 1.807) is 12.1 Å². The quantitative estimate of drug-likeness (QED) is 0.714. The molecule has 0 saturated carbocycles. The van der Waals surface area contributed by atoms with E-state index in [9.17, 15) is 8.78 Å². The van der Waals surface area contributed by atoms with Gasteiger partial charge in [-0.2, -0.15) is 4.39 Å². The Kier molecular flexibility index (Phi) is 5.39. The van der Waals surface area contributed by atoms with E-state index in [2.05, 4.69) is 6.92 Å². The van der Waals surface area contributed by atoms with Crippen LogP contribution in [0, 0.1) is 11.6 Å². The van der Waals surface area contributed by atoms with Crippen LogP contribution in [0.2, 0.25) is 0 Å². The molecule has 1 atom stereocenters. The summed E-state index contributed by atoms with van der Waals surface area (Å²) >= 11 is 0. The van der Waals surface area contributed by atoms with Gasteiger partial charge in [-0.15, -0.1) is 0 Å². The van der Waals surface area contributed by atoms with Crippen molar-refractivity contribution in [3.63, 3.8) is 0 Å². The average Bonchev–Trinajstić information content (AvgIpc) is 2.28. The van der Waals surface area contributed by atoms with Crippen LogP contribution in [0.15, 0.2) is 18.2 Å². The number of hydrogen-bond donors (Lipinski definition) is 1. The summed E-state index contributed by atoms with van der Waals surface area (Å²) in [5.74, 6) is -1.47. The van der Waals surface area contributed by atoms with E-state index in [0.29, 0.717) is 5.69 Å². The number of unbranched alkanes of at least 4 members (excludes halogenated alkanes) is 3. The third-order valence-electron chi connectivity index (χ3n) is 2.82. The van der Waals surface area contributed by atoms with Crippen LogP contribution in [-0.2, 0) is 0 Å². The minimum Gasteiger partial charge on any atom is -0.302 e. The van der Waals surface area contributed by atoms with Gasteiger partial charge in [-0.3, -0.25) is 0 Å². The highest BCUT2D eigenvalue weighted by Gasteiger charge is 2.15. The van der Waals surface area contributed by atoms with Crippen molar-refractivity contribution in [1.82, 2.24) is 0 Å². The predicted molar refractivity (Wildman–Crippen MR) is 61.9 cm³/mol. The van der Waals surface area contributed by atoms with E-state index < -0.39 is 11.6 Å². The van der Waals surface area contributed by atoms with E-state index in [1.807, 2.05) is 7.05 Å². The van der Waals surface area contributed by atoms with Gasteiger partial charge in [-0.05, 0) is 18.9 Å². The molecule has 1 unspecified atom stereocenters. The first-order valence-electron chi connectivity index (χ1n) is 5.93. The highest BCUT2D eigenvalue weighted by molar-refractivity contribution is 5.31. The summed E-state index contributed by atoms with van der Waals surface area (Å²) < 4.78 is 26.4. The normalized spacial score (nSPS) is 12.8. The fraction of sp³-hybridized carbons (Fsp3) is 0.538. The Morgan fingerprint density at radius 2 is 1.88 bits per heavy atom. The van der Waals surface area contributed by atoms with Crippen molar-refractivity contribution in [3.8, 4) is 0 Å². The van der Waals surface area contributed by atoms with Crippen LogP contribution in [0.25, 0.3) is 0 Å². The highest BCUT2D eigenvalue weighted by Crippen LogP contribution is 2.12. The number of rotatable bonds is 6. The predicted octanol–water partition coefficient (Wildman–Crippen LogP) is 2.69. The zero-order chi connectivity index (χ0) is 12.0. The molecule has 16 heavy (non-hydrogen) atoms. The molecule has 0 aliphatic rings. The fourth-order valence-corrected chi connectivity index (χ4v) is 1.79. The monoisotopic (exact) mass is 228 g/mol. The van der Waals surface area contributed by atoms with E-state index >= 15 is 0 Å². The topological polar surface area (TPSA) is 4.44 Å². The van der Waals surface area contributed by atoms with Gasteiger partial charge in [0.2, 0.25) is 5.82 Å². The molecule has 0 aromatic heterocycles. The first-order chi connectivity index (χ1) is 7.66. The molecule has 0 saturated heterocycles. The van der Waals surface area contributed by atoms with Crippen molar-refractivity contribution in [3.05, 3.63) is 29.8 Å². The van der Waals surface area contributed by atoms with Crippen LogP contribution in [-0.4, -0.2) is 13.6 Å². The Hall–Kier alpha value is -0.960. The first-order valence-corrected chi connectivity index (χ1v) is 5.93. The lowest BCUT2D eigenvalue weighted by molar-refractivity contribution is -0.811. The van der Waals surface area contributed by atoms with E-state index in [1.165, 1.54) is 12.8 Å². The van der Waals surface area contributed by atoms with Crippen molar-refractivity contribution >= 4 is 5.69 Å². The van der Waals surface area contributed by atoms with Gasteiger partial charge < -0.3 is 4.90 Å². The van der Waals surface area contributed by atoms with E-state index in [0.717, 1.165) is 30.4 Å². The molecule has 90 valence electrons. The summed E-state index contributed by atoms with van der Waals surface area (Å²) in [7, 11) is 1.88. The van der Waals surface area contributed by atoms with Crippen molar-refractivity contribution in [2.24, 2.45) is 0 Å². The van der Waals surface area contributed by atoms with Gasteiger partial charge in [0.1, 0.15) is 0 Å². The summed E-state index contributed by atoms with van der Waals surface area (Å²) in [5, 5.41) is 0. The standard InChI is InChI=1S/C13H19F2N/c1-3-4-5-6-10-16(2)12-9-7-8-11(14)13(12)15/h7-9H,3-6,10H2,1-2H3/p+1. The van der Waals surface area contributed by atoms with Crippen LogP contribution in [0.5, 0.6) is 0 Å². The minimum absolute atomic E-state index is 0.427.